The van der Waals surface area contributed by atoms with E-state index in [9.17, 15) is 4.79 Å². The second kappa shape index (κ2) is 8.07. The summed E-state index contributed by atoms with van der Waals surface area (Å²) in [5.41, 5.74) is 0.540. The van der Waals surface area contributed by atoms with Gasteiger partial charge in [0.15, 0.2) is 11.0 Å². The van der Waals surface area contributed by atoms with Gasteiger partial charge in [-0.25, -0.2) is 4.98 Å². The molecule has 0 saturated heterocycles. The lowest BCUT2D eigenvalue weighted by Gasteiger charge is -2.15. The third-order valence-corrected chi connectivity index (χ3v) is 5.58. The first-order chi connectivity index (χ1) is 13.2. The Balaban J connectivity index is 1.97. The van der Waals surface area contributed by atoms with Crippen LogP contribution in [0.3, 0.4) is 0 Å². The SMILES string of the molecule is CC(C)CCn1c(SC(C)c2nc(C(C)(C)C)no2)nc2ccccc2c1=O. The Morgan fingerprint density at radius 1 is 1.14 bits per heavy atom. The fourth-order valence-electron chi connectivity index (χ4n) is 2.74. The summed E-state index contributed by atoms with van der Waals surface area (Å²) in [6.45, 7) is 13.1. The lowest BCUT2D eigenvalue weighted by Crippen LogP contribution is -2.24. The minimum Gasteiger partial charge on any atom is -0.338 e. The van der Waals surface area contributed by atoms with E-state index in [1.165, 1.54) is 11.8 Å². The Bertz CT molecular complexity index is 1020. The Labute approximate surface area is 169 Å². The molecular formula is C21H28N4O2S. The highest BCUT2D eigenvalue weighted by atomic mass is 32.2. The number of aromatic nitrogens is 4. The molecule has 0 radical (unpaired) electrons. The standard InChI is InChI=1S/C21H28N4O2S/c1-13(2)11-12-25-18(26)15-9-7-8-10-16(15)22-20(25)28-14(3)17-23-19(24-27-17)21(4,5)6/h7-10,13-14H,11-12H2,1-6H3. The van der Waals surface area contributed by atoms with Gasteiger partial charge in [0, 0.05) is 12.0 Å². The van der Waals surface area contributed by atoms with E-state index in [1.807, 2.05) is 52.0 Å². The monoisotopic (exact) mass is 400 g/mol. The summed E-state index contributed by atoms with van der Waals surface area (Å²) in [6.07, 6.45) is 0.913. The van der Waals surface area contributed by atoms with E-state index in [1.54, 1.807) is 4.57 Å². The lowest BCUT2D eigenvalue weighted by molar-refractivity contribution is 0.364. The first-order valence-corrected chi connectivity index (χ1v) is 10.5. The minimum absolute atomic E-state index is 0.00172. The van der Waals surface area contributed by atoms with Crippen molar-refractivity contribution < 1.29 is 4.52 Å². The highest BCUT2D eigenvalue weighted by Gasteiger charge is 2.25. The average Bonchev–Trinajstić information content (AvgIpc) is 3.12. The molecule has 0 saturated carbocycles. The molecular weight excluding hydrogens is 372 g/mol. The van der Waals surface area contributed by atoms with Crippen LogP contribution < -0.4 is 5.56 Å². The summed E-state index contributed by atoms with van der Waals surface area (Å²) in [4.78, 5) is 22.4. The molecule has 0 N–H and O–H groups in total. The molecule has 0 bridgehead atoms. The van der Waals surface area contributed by atoms with Crippen LogP contribution >= 0.6 is 11.8 Å². The van der Waals surface area contributed by atoms with E-state index in [-0.39, 0.29) is 16.2 Å². The van der Waals surface area contributed by atoms with Crippen LogP contribution in [0.5, 0.6) is 0 Å². The normalized spacial score (nSPS) is 13.4. The number of rotatable bonds is 6. The van der Waals surface area contributed by atoms with Gasteiger partial charge in [0.1, 0.15) is 0 Å². The summed E-state index contributed by atoms with van der Waals surface area (Å²) >= 11 is 1.48. The zero-order valence-electron chi connectivity index (χ0n) is 17.4. The molecule has 3 rings (SSSR count). The smallest absolute Gasteiger partial charge is 0.262 e. The van der Waals surface area contributed by atoms with Gasteiger partial charge in [-0.2, -0.15) is 4.98 Å². The van der Waals surface area contributed by atoms with Gasteiger partial charge in [-0.3, -0.25) is 9.36 Å². The van der Waals surface area contributed by atoms with Crippen LogP contribution in [0.15, 0.2) is 38.7 Å². The molecule has 0 fully saturated rings. The van der Waals surface area contributed by atoms with E-state index >= 15 is 0 Å². The van der Waals surface area contributed by atoms with Crippen molar-refractivity contribution in [1.29, 1.82) is 0 Å². The molecule has 7 heteroatoms. The van der Waals surface area contributed by atoms with E-state index in [0.29, 0.717) is 40.2 Å². The van der Waals surface area contributed by atoms with Gasteiger partial charge in [-0.15, -0.1) is 0 Å². The number of thioether (sulfide) groups is 1. The maximum atomic E-state index is 13.1. The Morgan fingerprint density at radius 2 is 1.86 bits per heavy atom. The summed E-state index contributed by atoms with van der Waals surface area (Å²) in [5.74, 6) is 1.73. The number of nitrogens with zero attached hydrogens (tertiary/aromatic N) is 4. The zero-order chi connectivity index (χ0) is 20.5. The molecule has 0 amide bonds. The van der Waals surface area contributed by atoms with E-state index < -0.39 is 0 Å². The average molecular weight is 401 g/mol. The number of hydrogen-bond donors (Lipinski definition) is 0. The largest absolute Gasteiger partial charge is 0.338 e. The molecule has 0 aliphatic carbocycles. The van der Waals surface area contributed by atoms with Crippen LogP contribution in [0.25, 0.3) is 10.9 Å². The fraction of sp³-hybridized carbons (Fsp3) is 0.524. The quantitative estimate of drug-likeness (QED) is 0.429. The maximum Gasteiger partial charge on any atom is 0.262 e. The van der Waals surface area contributed by atoms with Gasteiger partial charge < -0.3 is 4.52 Å². The van der Waals surface area contributed by atoms with E-state index in [2.05, 4.69) is 24.0 Å². The zero-order valence-corrected chi connectivity index (χ0v) is 18.2. The third-order valence-electron chi connectivity index (χ3n) is 4.50. The van der Waals surface area contributed by atoms with Gasteiger partial charge in [-0.05, 0) is 31.4 Å². The molecule has 150 valence electrons. The summed E-state index contributed by atoms with van der Waals surface area (Å²) in [7, 11) is 0. The summed E-state index contributed by atoms with van der Waals surface area (Å²) < 4.78 is 7.27. The van der Waals surface area contributed by atoms with Gasteiger partial charge in [-0.1, -0.05) is 63.7 Å². The number of hydrogen-bond acceptors (Lipinski definition) is 6. The fourth-order valence-corrected chi connectivity index (χ4v) is 3.70. The predicted octanol–water partition coefficient (Wildman–Crippen LogP) is 4.98. The van der Waals surface area contributed by atoms with Crippen molar-refractivity contribution in [3.05, 3.63) is 46.3 Å². The maximum absolute atomic E-state index is 13.1. The predicted molar refractivity (Wildman–Crippen MR) is 113 cm³/mol. The molecule has 2 heterocycles. The highest BCUT2D eigenvalue weighted by molar-refractivity contribution is 7.99. The lowest BCUT2D eigenvalue weighted by atomic mass is 9.96. The van der Waals surface area contributed by atoms with E-state index in [4.69, 9.17) is 9.51 Å². The molecule has 1 unspecified atom stereocenters. The Hall–Kier alpha value is -2.15. The van der Waals surface area contributed by atoms with Crippen molar-refractivity contribution in [1.82, 2.24) is 19.7 Å². The molecule has 6 nitrogen and oxygen atoms in total. The number of benzene rings is 1. The van der Waals surface area contributed by atoms with Gasteiger partial charge in [0.2, 0.25) is 5.89 Å². The molecule has 2 aromatic heterocycles. The summed E-state index contributed by atoms with van der Waals surface area (Å²) in [6, 6.07) is 7.49. The second-order valence-electron chi connectivity index (χ2n) is 8.52. The van der Waals surface area contributed by atoms with Crippen LogP contribution in [-0.4, -0.2) is 19.7 Å². The van der Waals surface area contributed by atoms with Crippen LogP contribution in [0, 0.1) is 5.92 Å². The molecule has 1 atom stereocenters. The van der Waals surface area contributed by atoms with Gasteiger partial charge in [0.25, 0.3) is 5.56 Å². The Kier molecular flexibility index (Phi) is 5.93. The third kappa shape index (κ3) is 4.46. The molecule has 3 aromatic rings. The van der Waals surface area contributed by atoms with Crippen molar-refractivity contribution in [3.8, 4) is 0 Å². The first kappa shape index (κ1) is 20.6. The van der Waals surface area contributed by atoms with Gasteiger partial charge >= 0.3 is 0 Å². The molecule has 0 spiro atoms. The van der Waals surface area contributed by atoms with Crippen molar-refractivity contribution in [3.63, 3.8) is 0 Å². The number of para-hydroxylation sites is 1. The van der Waals surface area contributed by atoms with Crippen LogP contribution in [0.2, 0.25) is 0 Å². The van der Waals surface area contributed by atoms with Crippen LogP contribution in [0.1, 0.15) is 64.9 Å². The number of fused-ring (bicyclic) bond motifs is 1. The first-order valence-electron chi connectivity index (χ1n) is 9.67. The topological polar surface area (TPSA) is 73.8 Å². The summed E-state index contributed by atoms with van der Waals surface area (Å²) in [5, 5.41) is 5.34. The minimum atomic E-state index is -0.174. The van der Waals surface area contributed by atoms with Crippen LogP contribution in [-0.2, 0) is 12.0 Å². The molecule has 28 heavy (non-hydrogen) atoms. The van der Waals surface area contributed by atoms with Crippen molar-refractivity contribution in [2.45, 2.75) is 70.3 Å². The van der Waals surface area contributed by atoms with Crippen molar-refractivity contribution >= 4 is 22.7 Å². The highest BCUT2D eigenvalue weighted by Crippen LogP contribution is 2.34. The van der Waals surface area contributed by atoms with Crippen molar-refractivity contribution in [2.75, 3.05) is 0 Å². The van der Waals surface area contributed by atoms with Gasteiger partial charge in [0.05, 0.1) is 16.2 Å². The Morgan fingerprint density at radius 3 is 2.50 bits per heavy atom. The van der Waals surface area contributed by atoms with Crippen LogP contribution in [0.4, 0.5) is 0 Å². The molecule has 1 aromatic carbocycles. The van der Waals surface area contributed by atoms with E-state index in [0.717, 1.165) is 6.42 Å². The molecule has 0 aliphatic heterocycles. The molecule has 0 aliphatic rings. The van der Waals surface area contributed by atoms with Crippen molar-refractivity contribution in [2.24, 2.45) is 5.92 Å². The second-order valence-corrected chi connectivity index (χ2v) is 9.83.